The Morgan fingerprint density at radius 1 is 0.450 bits per heavy atom. The third kappa shape index (κ3) is 655. The monoisotopic (exact) mass is 308 g/mol. The maximum Gasteiger partial charge on any atom is 0.0383 e. The fourth-order valence-corrected chi connectivity index (χ4v) is 0. The Morgan fingerprint density at radius 3 is 0.450 bits per heavy atom. The summed E-state index contributed by atoms with van der Waals surface area (Å²) in [5.41, 5.74) is 0. The number of hydrogen-bond acceptors (Lipinski definition) is 8. The van der Waals surface area contributed by atoms with Crippen LogP contribution in [0.2, 0.25) is 0 Å². The molecule has 0 rings (SSSR count). The molecule has 12 nitrogen and oxygen atoms in total. The van der Waals surface area contributed by atoms with E-state index in [1.807, 2.05) is 0 Å². The fraction of sp³-hybridized carbons (Fsp3) is 0.500. The number of carbonyl (C=O) groups is 4. The molecule has 0 radical (unpaired) electrons. The minimum absolute atomic E-state index is 0. The van der Waals surface area contributed by atoms with Gasteiger partial charge in [0.05, 0.1) is 0 Å². The molecule has 0 aromatic carbocycles. The first kappa shape index (κ1) is 52.4. The topological polar surface area (TPSA) is 307 Å². The van der Waals surface area contributed by atoms with Crippen LogP contribution in [0.5, 0.6) is 0 Å². The van der Waals surface area contributed by atoms with Gasteiger partial charge in [-0.05, 0) is 27.7 Å². The van der Waals surface area contributed by atoms with Crippen LogP contribution in [-0.2, 0) is 19.2 Å². The van der Waals surface area contributed by atoms with Gasteiger partial charge in [0.15, 0.2) is 0 Å². The zero-order valence-electron chi connectivity index (χ0n) is 13.3. The Balaban J connectivity index is -0.0000000150. The molecule has 0 amide bonds. The Morgan fingerprint density at radius 2 is 0.450 bits per heavy atom. The van der Waals surface area contributed by atoms with E-state index in [4.69, 9.17) is 39.6 Å². The third-order valence-electron chi connectivity index (χ3n) is 0. The molecular formula is C8H28N4O8. The van der Waals surface area contributed by atoms with Crippen molar-refractivity contribution >= 4 is 23.9 Å². The van der Waals surface area contributed by atoms with Crippen LogP contribution in [0.4, 0.5) is 0 Å². The van der Waals surface area contributed by atoms with Crippen molar-refractivity contribution in [3.05, 3.63) is 0 Å². The molecule has 0 fully saturated rings. The standard InChI is InChI=1S/4C2H4O2.4H3N/c4*1-2(3)4;;;;/h4*1H3,(H,3,4);4*1H3. The molecule has 0 bridgehead atoms. The second kappa shape index (κ2) is 43.7. The molecule has 0 heterocycles. The van der Waals surface area contributed by atoms with Gasteiger partial charge in [0.25, 0.3) is 0 Å². The van der Waals surface area contributed by atoms with Crippen LogP contribution < -0.4 is 45.0 Å². The van der Waals surface area contributed by atoms with Crippen molar-refractivity contribution in [2.75, 3.05) is 0 Å². The van der Waals surface area contributed by atoms with Gasteiger partial charge < -0.3 is 64.2 Å². The molecule has 0 saturated carbocycles. The second-order valence-corrected chi connectivity index (χ2v) is 1.97. The van der Waals surface area contributed by atoms with Gasteiger partial charge in [-0.25, -0.2) is 0 Å². The van der Waals surface area contributed by atoms with Crippen molar-refractivity contribution in [3.8, 4) is 0 Å². The molecular weight excluding hydrogens is 280 g/mol. The SMILES string of the molecule is CC(=O)[O-].CC(=O)[O-].CC(=O)[O-].CC(=O)[O-].[NH4+].[NH4+].[NH4+].[NH4+]. The van der Waals surface area contributed by atoms with E-state index < -0.39 is 23.9 Å². The lowest BCUT2D eigenvalue weighted by atomic mass is 10.9. The average Bonchev–Trinajstić information content (AvgIpc) is 1.76. The number of carboxylic acid groups (broad SMARTS) is 4. The van der Waals surface area contributed by atoms with Gasteiger partial charge in [0.2, 0.25) is 0 Å². The average molecular weight is 308 g/mol. The molecule has 20 heavy (non-hydrogen) atoms. The molecule has 0 aromatic rings. The van der Waals surface area contributed by atoms with Gasteiger partial charge in [-0.15, -0.1) is 0 Å². The number of quaternary nitrogens is 4. The first-order valence-corrected chi connectivity index (χ1v) is 3.63. The van der Waals surface area contributed by atoms with Gasteiger partial charge >= 0.3 is 0 Å². The van der Waals surface area contributed by atoms with E-state index in [9.17, 15) is 0 Å². The van der Waals surface area contributed by atoms with Crippen LogP contribution >= 0.6 is 0 Å². The van der Waals surface area contributed by atoms with Crippen molar-refractivity contribution in [1.29, 1.82) is 0 Å². The maximum atomic E-state index is 8.89. The highest BCUT2D eigenvalue weighted by Crippen LogP contribution is 1.32. The lowest BCUT2D eigenvalue weighted by molar-refractivity contribution is -0.303. The van der Waals surface area contributed by atoms with Gasteiger partial charge in [-0.1, -0.05) is 0 Å². The zero-order valence-corrected chi connectivity index (χ0v) is 13.3. The highest BCUT2D eigenvalue weighted by atomic mass is 16.4. The van der Waals surface area contributed by atoms with Gasteiger partial charge in [-0.3, -0.25) is 0 Å². The minimum atomic E-state index is -1.08. The molecule has 0 saturated heterocycles. The molecule has 12 heteroatoms. The molecule has 128 valence electrons. The molecule has 0 aliphatic heterocycles. The zero-order chi connectivity index (χ0) is 14.3. The van der Waals surface area contributed by atoms with Crippen molar-refractivity contribution in [3.63, 3.8) is 0 Å². The van der Waals surface area contributed by atoms with E-state index in [1.165, 1.54) is 0 Å². The van der Waals surface area contributed by atoms with Crippen molar-refractivity contribution in [2.45, 2.75) is 27.7 Å². The number of carbonyl (C=O) groups excluding carboxylic acids is 4. The van der Waals surface area contributed by atoms with E-state index >= 15 is 0 Å². The first-order chi connectivity index (χ1) is 6.93. The summed E-state index contributed by atoms with van der Waals surface area (Å²) in [6.45, 7) is 3.89. The quantitative estimate of drug-likeness (QED) is 0.347. The van der Waals surface area contributed by atoms with Crippen LogP contribution in [-0.4, -0.2) is 23.9 Å². The first-order valence-electron chi connectivity index (χ1n) is 3.63. The largest absolute Gasteiger partial charge is 0.550 e. The number of carboxylic acids is 4. The van der Waals surface area contributed by atoms with Crippen molar-refractivity contribution in [1.82, 2.24) is 24.6 Å². The third-order valence-corrected chi connectivity index (χ3v) is 0. The molecule has 0 aliphatic carbocycles. The summed E-state index contributed by atoms with van der Waals surface area (Å²) >= 11 is 0. The molecule has 0 spiro atoms. The van der Waals surface area contributed by atoms with Crippen LogP contribution in [0.25, 0.3) is 0 Å². The van der Waals surface area contributed by atoms with Gasteiger partial charge in [0, 0.05) is 23.9 Å². The van der Waals surface area contributed by atoms with Crippen LogP contribution in [0.3, 0.4) is 0 Å². The van der Waals surface area contributed by atoms with Crippen LogP contribution in [0.1, 0.15) is 27.7 Å². The predicted molar refractivity (Wildman–Crippen MR) is 66.7 cm³/mol. The van der Waals surface area contributed by atoms with E-state index in [0.717, 1.165) is 27.7 Å². The van der Waals surface area contributed by atoms with Crippen molar-refractivity contribution in [2.24, 2.45) is 0 Å². The summed E-state index contributed by atoms with van der Waals surface area (Å²) in [5, 5.41) is 35.6. The fourth-order valence-electron chi connectivity index (χ4n) is 0. The Kier molecular flexibility index (Phi) is 115. The molecule has 0 unspecified atom stereocenters. The summed E-state index contributed by atoms with van der Waals surface area (Å²) in [6.07, 6.45) is 0. The van der Waals surface area contributed by atoms with E-state index in [1.54, 1.807) is 0 Å². The normalized spacial score (nSPS) is 5.00. The summed E-state index contributed by atoms with van der Waals surface area (Å²) in [4.78, 5) is 35.6. The minimum Gasteiger partial charge on any atom is -0.550 e. The second-order valence-electron chi connectivity index (χ2n) is 1.97. The summed E-state index contributed by atoms with van der Waals surface area (Å²) in [7, 11) is 0. The molecule has 0 atom stereocenters. The highest BCUT2D eigenvalue weighted by Gasteiger charge is 1.47. The predicted octanol–water partition coefficient (Wildman–Crippen LogP) is -3.47. The summed E-state index contributed by atoms with van der Waals surface area (Å²) < 4.78 is 0. The number of hydrogen-bond donors (Lipinski definition) is 4. The maximum absolute atomic E-state index is 8.89. The lowest BCUT2D eigenvalue weighted by Crippen LogP contribution is -2.16. The molecule has 0 aromatic heterocycles. The molecule has 16 N–H and O–H groups in total. The van der Waals surface area contributed by atoms with Gasteiger partial charge in [0.1, 0.15) is 0 Å². The number of aliphatic carboxylic acids is 4. The Labute approximate surface area is 117 Å². The van der Waals surface area contributed by atoms with Crippen LogP contribution in [0.15, 0.2) is 0 Å². The number of rotatable bonds is 0. The Hall–Kier alpha value is -2.28. The van der Waals surface area contributed by atoms with E-state index in [2.05, 4.69) is 0 Å². The van der Waals surface area contributed by atoms with E-state index in [0.29, 0.717) is 0 Å². The Bertz CT molecular complexity index is 171. The molecule has 0 aliphatic rings. The lowest BCUT2D eigenvalue weighted by Gasteiger charge is -1.77. The van der Waals surface area contributed by atoms with Gasteiger partial charge in [-0.2, -0.15) is 0 Å². The van der Waals surface area contributed by atoms with Crippen molar-refractivity contribution < 1.29 is 39.6 Å². The smallest absolute Gasteiger partial charge is 0.0383 e. The summed E-state index contributed by atoms with van der Waals surface area (Å²) in [6, 6.07) is 0. The highest BCUT2D eigenvalue weighted by molar-refractivity contribution is 5.61. The summed E-state index contributed by atoms with van der Waals surface area (Å²) in [5.74, 6) is -4.33. The van der Waals surface area contributed by atoms with Crippen LogP contribution in [0, 0.1) is 0 Å². The van der Waals surface area contributed by atoms with E-state index in [-0.39, 0.29) is 24.6 Å².